The fourth-order valence-corrected chi connectivity index (χ4v) is 2.78. The number of hydrogen-bond donors (Lipinski definition) is 2. The number of phenolic OH excluding ortho intramolecular Hbond substituents is 2. The minimum absolute atomic E-state index is 0.00147. The molecule has 0 bridgehead atoms. The van der Waals surface area contributed by atoms with Crippen molar-refractivity contribution in [2.24, 2.45) is 0 Å². The Balaban J connectivity index is 2.27. The molecule has 1 aliphatic heterocycles. The lowest BCUT2D eigenvalue weighted by molar-refractivity contribution is 0.0697. The Bertz CT molecular complexity index is 464. The molecule has 0 spiro atoms. The van der Waals surface area contributed by atoms with Crippen molar-refractivity contribution >= 4 is 17.5 Å². The topological polar surface area (TPSA) is 60.8 Å². The zero-order valence-electron chi connectivity index (χ0n) is 10.7. The molecule has 1 amide bonds. The summed E-state index contributed by atoms with van der Waals surface area (Å²) in [6, 6.07) is 3.98. The molecule has 1 heterocycles. The van der Waals surface area contributed by atoms with Crippen LogP contribution >= 0.6 is 11.6 Å². The average molecular weight is 284 g/mol. The maximum absolute atomic E-state index is 12.5. The van der Waals surface area contributed by atoms with Crippen LogP contribution in [0.25, 0.3) is 0 Å². The second-order valence-electron chi connectivity index (χ2n) is 4.86. The number of nitrogens with zero attached hydrogens (tertiary/aromatic N) is 1. The Labute approximate surface area is 117 Å². The van der Waals surface area contributed by atoms with Gasteiger partial charge in [-0.15, -0.1) is 11.6 Å². The molecule has 1 aromatic rings. The summed E-state index contributed by atoms with van der Waals surface area (Å²) in [5.74, 6) is -0.00888. The van der Waals surface area contributed by atoms with Crippen LogP contribution in [0.15, 0.2) is 18.2 Å². The summed E-state index contributed by atoms with van der Waals surface area (Å²) in [6.07, 6.45) is 3.98. The van der Waals surface area contributed by atoms with Gasteiger partial charge in [-0.1, -0.05) is 12.8 Å². The number of phenols is 2. The van der Waals surface area contributed by atoms with E-state index in [9.17, 15) is 15.0 Å². The van der Waals surface area contributed by atoms with Crippen molar-refractivity contribution in [2.75, 3.05) is 12.4 Å². The van der Waals surface area contributed by atoms with Crippen molar-refractivity contribution in [1.29, 1.82) is 0 Å². The molecule has 4 nitrogen and oxygen atoms in total. The highest BCUT2D eigenvalue weighted by Gasteiger charge is 2.27. The van der Waals surface area contributed by atoms with Crippen molar-refractivity contribution in [3.05, 3.63) is 23.8 Å². The number of carbonyl (C=O) groups is 1. The summed E-state index contributed by atoms with van der Waals surface area (Å²) < 4.78 is 0. The van der Waals surface area contributed by atoms with Crippen molar-refractivity contribution < 1.29 is 15.0 Å². The lowest BCUT2D eigenvalue weighted by atomic mass is 10.1. The highest BCUT2D eigenvalue weighted by molar-refractivity contribution is 6.18. The Kier molecular flexibility index (Phi) is 4.53. The molecule has 0 aliphatic carbocycles. The Hall–Kier alpha value is -1.42. The average Bonchev–Trinajstić information content (AvgIpc) is 2.65. The molecule has 0 radical (unpaired) electrons. The van der Waals surface area contributed by atoms with E-state index in [0.717, 1.165) is 25.7 Å². The van der Waals surface area contributed by atoms with Crippen LogP contribution in [0.2, 0.25) is 0 Å². The summed E-state index contributed by atoms with van der Waals surface area (Å²) in [5.41, 5.74) is 0.136. The third kappa shape index (κ3) is 3.13. The van der Waals surface area contributed by atoms with E-state index in [4.69, 9.17) is 11.6 Å². The van der Waals surface area contributed by atoms with Crippen molar-refractivity contribution in [2.45, 2.75) is 31.7 Å². The van der Waals surface area contributed by atoms with E-state index in [1.54, 1.807) is 4.90 Å². The number of alkyl halides is 1. The first-order valence-electron chi connectivity index (χ1n) is 6.52. The van der Waals surface area contributed by atoms with Gasteiger partial charge >= 0.3 is 0 Å². The van der Waals surface area contributed by atoms with Gasteiger partial charge in [0, 0.05) is 18.5 Å². The molecule has 0 saturated carbocycles. The zero-order valence-corrected chi connectivity index (χ0v) is 11.4. The van der Waals surface area contributed by atoms with Crippen molar-refractivity contribution in [3.63, 3.8) is 0 Å². The van der Waals surface area contributed by atoms with Crippen LogP contribution in [0.1, 0.15) is 36.0 Å². The summed E-state index contributed by atoms with van der Waals surface area (Å²) >= 11 is 5.94. The molecule has 5 heteroatoms. The Morgan fingerprint density at radius 3 is 2.84 bits per heavy atom. The highest BCUT2D eigenvalue weighted by Crippen LogP contribution is 2.26. The normalized spacial score (nSPS) is 20.1. The SMILES string of the molecule is O=C(c1cc(O)ccc1O)N1CCCCCC1CCl. The van der Waals surface area contributed by atoms with E-state index in [0.29, 0.717) is 12.4 Å². The minimum atomic E-state index is -0.263. The molecule has 1 fully saturated rings. The number of amides is 1. The van der Waals surface area contributed by atoms with Crippen molar-refractivity contribution in [3.8, 4) is 11.5 Å². The number of benzene rings is 1. The predicted molar refractivity (Wildman–Crippen MR) is 73.8 cm³/mol. The molecule has 104 valence electrons. The first-order chi connectivity index (χ1) is 9.13. The van der Waals surface area contributed by atoms with Crippen molar-refractivity contribution in [1.82, 2.24) is 4.90 Å². The number of rotatable bonds is 2. The molecular weight excluding hydrogens is 266 g/mol. The highest BCUT2D eigenvalue weighted by atomic mass is 35.5. The van der Waals surface area contributed by atoms with Crippen LogP contribution in [0, 0.1) is 0 Å². The molecule has 1 saturated heterocycles. The van der Waals surface area contributed by atoms with Gasteiger partial charge in [0.1, 0.15) is 11.5 Å². The monoisotopic (exact) mass is 283 g/mol. The number of hydrogen-bond acceptors (Lipinski definition) is 3. The van der Waals surface area contributed by atoms with Crippen LogP contribution in [0.5, 0.6) is 11.5 Å². The van der Waals surface area contributed by atoms with E-state index >= 15 is 0 Å². The van der Waals surface area contributed by atoms with Gasteiger partial charge in [0.05, 0.1) is 5.56 Å². The molecule has 2 rings (SSSR count). The van der Waals surface area contributed by atoms with Gasteiger partial charge in [0.2, 0.25) is 0 Å². The fourth-order valence-electron chi connectivity index (χ4n) is 2.46. The standard InChI is InChI=1S/C14H18ClNO3/c15-9-10-4-2-1-3-7-16(10)14(19)12-8-11(17)5-6-13(12)18/h5-6,8,10,17-18H,1-4,7,9H2. The van der Waals surface area contributed by atoms with Gasteiger partial charge in [-0.3, -0.25) is 4.79 Å². The number of aromatic hydroxyl groups is 2. The van der Waals surface area contributed by atoms with E-state index in [-0.39, 0.29) is 29.0 Å². The van der Waals surface area contributed by atoms with Crippen LogP contribution in [0.3, 0.4) is 0 Å². The van der Waals surface area contributed by atoms with Crippen LogP contribution in [0.4, 0.5) is 0 Å². The summed E-state index contributed by atoms with van der Waals surface area (Å²) in [5, 5.41) is 19.2. The van der Waals surface area contributed by atoms with Gasteiger partial charge in [0.25, 0.3) is 5.91 Å². The Morgan fingerprint density at radius 1 is 1.32 bits per heavy atom. The van der Waals surface area contributed by atoms with Crippen LogP contribution in [-0.2, 0) is 0 Å². The number of halogens is 1. The molecule has 2 N–H and O–H groups in total. The molecule has 19 heavy (non-hydrogen) atoms. The summed E-state index contributed by atoms with van der Waals surface area (Å²) in [7, 11) is 0. The summed E-state index contributed by atoms with van der Waals surface area (Å²) in [6.45, 7) is 0.644. The lowest BCUT2D eigenvalue weighted by Crippen LogP contribution is -2.41. The van der Waals surface area contributed by atoms with E-state index in [1.165, 1.54) is 18.2 Å². The quantitative estimate of drug-likeness (QED) is 0.648. The number of carbonyl (C=O) groups excluding carboxylic acids is 1. The molecule has 0 aromatic heterocycles. The molecule has 1 atom stereocenters. The molecular formula is C14H18ClNO3. The third-order valence-corrected chi connectivity index (χ3v) is 3.88. The first-order valence-corrected chi connectivity index (χ1v) is 7.06. The van der Waals surface area contributed by atoms with Gasteiger partial charge in [-0.05, 0) is 31.0 Å². The van der Waals surface area contributed by atoms with E-state index in [2.05, 4.69) is 0 Å². The molecule has 1 unspecified atom stereocenters. The largest absolute Gasteiger partial charge is 0.508 e. The smallest absolute Gasteiger partial charge is 0.258 e. The van der Waals surface area contributed by atoms with Crippen LogP contribution < -0.4 is 0 Å². The zero-order chi connectivity index (χ0) is 13.8. The van der Waals surface area contributed by atoms with Crippen LogP contribution in [-0.4, -0.2) is 39.5 Å². The molecule has 1 aliphatic rings. The lowest BCUT2D eigenvalue weighted by Gasteiger charge is -2.28. The second kappa shape index (κ2) is 6.15. The van der Waals surface area contributed by atoms with Gasteiger partial charge in [-0.2, -0.15) is 0 Å². The predicted octanol–water partition coefficient (Wildman–Crippen LogP) is 2.72. The Morgan fingerprint density at radius 2 is 2.11 bits per heavy atom. The summed E-state index contributed by atoms with van der Waals surface area (Å²) in [4.78, 5) is 14.2. The van der Waals surface area contributed by atoms with Gasteiger partial charge < -0.3 is 15.1 Å². The minimum Gasteiger partial charge on any atom is -0.508 e. The number of likely N-dealkylation sites (tertiary alicyclic amines) is 1. The molecule has 1 aromatic carbocycles. The van der Waals surface area contributed by atoms with Gasteiger partial charge in [0.15, 0.2) is 0 Å². The van der Waals surface area contributed by atoms with Gasteiger partial charge in [-0.25, -0.2) is 0 Å². The fraction of sp³-hybridized carbons (Fsp3) is 0.500. The third-order valence-electron chi connectivity index (χ3n) is 3.53. The maximum Gasteiger partial charge on any atom is 0.258 e. The second-order valence-corrected chi connectivity index (χ2v) is 5.17. The maximum atomic E-state index is 12.5. The first kappa shape index (κ1) is 14.0. The van der Waals surface area contributed by atoms with E-state index in [1.807, 2.05) is 0 Å². The van der Waals surface area contributed by atoms with E-state index < -0.39 is 0 Å².